The molecule has 0 saturated carbocycles. The van der Waals surface area contributed by atoms with Crippen LogP contribution in [0, 0.1) is 0 Å². The molecule has 1 aromatic rings. The molecule has 1 aromatic heterocycles. The first-order valence-corrected chi connectivity index (χ1v) is 5.09. The SMILES string of the molecule is CC(C)=CC(=O)Nc1ccc(C(=O)O)s1. The molecule has 0 aliphatic carbocycles. The number of carboxylic acids is 1. The van der Waals surface area contributed by atoms with Gasteiger partial charge in [-0.05, 0) is 26.0 Å². The fourth-order valence-corrected chi connectivity index (χ4v) is 1.69. The molecule has 0 aliphatic rings. The highest BCUT2D eigenvalue weighted by atomic mass is 32.1. The van der Waals surface area contributed by atoms with Crippen molar-refractivity contribution in [3.8, 4) is 0 Å². The van der Waals surface area contributed by atoms with Gasteiger partial charge in [0.15, 0.2) is 0 Å². The van der Waals surface area contributed by atoms with E-state index in [1.165, 1.54) is 12.1 Å². The molecule has 1 rings (SSSR count). The number of carbonyl (C=O) groups excluding carboxylic acids is 1. The number of nitrogens with one attached hydrogen (secondary N) is 1. The number of allylic oxidation sites excluding steroid dienone is 1. The average Bonchev–Trinajstić information content (AvgIpc) is 2.50. The maximum absolute atomic E-state index is 11.3. The first-order chi connectivity index (χ1) is 6.99. The Labute approximate surface area is 91.2 Å². The molecule has 1 amide bonds. The minimum atomic E-state index is -0.984. The van der Waals surface area contributed by atoms with Gasteiger partial charge in [-0.25, -0.2) is 4.79 Å². The minimum absolute atomic E-state index is 0.211. The second-order valence-electron chi connectivity index (χ2n) is 3.18. The summed E-state index contributed by atoms with van der Waals surface area (Å²) in [5, 5.41) is 11.8. The molecule has 4 nitrogen and oxygen atoms in total. The Hall–Kier alpha value is -1.62. The van der Waals surface area contributed by atoms with Crippen LogP contribution in [-0.4, -0.2) is 17.0 Å². The monoisotopic (exact) mass is 225 g/mol. The van der Waals surface area contributed by atoms with Crippen molar-refractivity contribution in [3.05, 3.63) is 28.7 Å². The highest BCUT2D eigenvalue weighted by Crippen LogP contribution is 2.21. The van der Waals surface area contributed by atoms with Crippen molar-refractivity contribution in [1.29, 1.82) is 0 Å². The zero-order chi connectivity index (χ0) is 11.4. The lowest BCUT2D eigenvalue weighted by Gasteiger charge is -1.96. The number of aromatic carboxylic acids is 1. The highest BCUT2D eigenvalue weighted by Gasteiger charge is 2.07. The molecule has 0 fully saturated rings. The summed E-state index contributed by atoms with van der Waals surface area (Å²) in [5.74, 6) is -1.23. The largest absolute Gasteiger partial charge is 0.477 e. The molecular formula is C10H11NO3S. The van der Waals surface area contributed by atoms with E-state index >= 15 is 0 Å². The second-order valence-corrected chi connectivity index (χ2v) is 4.26. The van der Waals surface area contributed by atoms with E-state index in [2.05, 4.69) is 5.32 Å². The lowest BCUT2D eigenvalue weighted by Crippen LogP contribution is -2.06. The molecule has 0 saturated heterocycles. The average molecular weight is 225 g/mol. The van der Waals surface area contributed by atoms with E-state index in [9.17, 15) is 9.59 Å². The molecule has 0 spiro atoms. The van der Waals surface area contributed by atoms with E-state index in [1.807, 2.05) is 13.8 Å². The molecule has 0 bridgehead atoms. The lowest BCUT2D eigenvalue weighted by molar-refractivity contribution is -0.111. The van der Waals surface area contributed by atoms with Crippen molar-refractivity contribution >= 4 is 28.2 Å². The predicted molar refractivity (Wildman–Crippen MR) is 59.3 cm³/mol. The van der Waals surface area contributed by atoms with Gasteiger partial charge in [0, 0.05) is 6.08 Å². The van der Waals surface area contributed by atoms with Crippen LogP contribution >= 0.6 is 11.3 Å². The van der Waals surface area contributed by atoms with Crippen molar-refractivity contribution in [2.45, 2.75) is 13.8 Å². The Bertz CT molecular complexity index is 416. The topological polar surface area (TPSA) is 66.4 Å². The van der Waals surface area contributed by atoms with Crippen molar-refractivity contribution in [3.63, 3.8) is 0 Å². The summed E-state index contributed by atoms with van der Waals surface area (Å²) in [4.78, 5) is 22.0. The summed E-state index contributed by atoms with van der Waals surface area (Å²) >= 11 is 1.04. The third-order valence-corrected chi connectivity index (χ3v) is 2.47. The second kappa shape index (κ2) is 4.75. The fourth-order valence-electron chi connectivity index (χ4n) is 0.940. The maximum atomic E-state index is 11.3. The van der Waals surface area contributed by atoms with Gasteiger partial charge < -0.3 is 10.4 Å². The fraction of sp³-hybridized carbons (Fsp3) is 0.200. The molecule has 0 atom stereocenters. The molecule has 0 radical (unpaired) electrons. The normalized spacial score (nSPS) is 9.47. The van der Waals surface area contributed by atoms with Gasteiger partial charge in [-0.3, -0.25) is 4.79 Å². The van der Waals surface area contributed by atoms with Gasteiger partial charge in [0.2, 0.25) is 5.91 Å². The molecule has 0 aromatic carbocycles. The molecule has 80 valence electrons. The van der Waals surface area contributed by atoms with E-state index in [0.717, 1.165) is 16.9 Å². The maximum Gasteiger partial charge on any atom is 0.345 e. The Balaban J connectivity index is 2.69. The van der Waals surface area contributed by atoms with Crippen molar-refractivity contribution in [2.24, 2.45) is 0 Å². The van der Waals surface area contributed by atoms with Gasteiger partial charge >= 0.3 is 5.97 Å². The minimum Gasteiger partial charge on any atom is -0.477 e. The van der Waals surface area contributed by atoms with Crippen LogP contribution in [0.25, 0.3) is 0 Å². The summed E-state index contributed by atoms with van der Waals surface area (Å²) in [5.41, 5.74) is 0.891. The molecule has 15 heavy (non-hydrogen) atoms. The molecular weight excluding hydrogens is 214 g/mol. The van der Waals surface area contributed by atoms with Gasteiger partial charge in [0.25, 0.3) is 0 Å². The smallest absolute Gasteiger partial charge is 0.345 e. The van der Waals surface area contributed by atoms with Crippen LogP contribution < -0.4 is 5.32 Å². The number of thiophene rings is 1. The zero-order valence-electron chi connectivity index (χ0n) is 8.40. The number of carbonyl (C=O) groups is 2. The zero-order valence-corrected chi connectivity index (χ0v) is 9.22. The number of rotatable bonds is 3. The van der Waals surface area contributed by atoms with Crippen molar-refractivity contribution in [1.82, 2.24) is 0 Å². The van der Waals surface area contributed by atoms with E-state index in [0.29, 0.717) is 5.00 Å². The van der Waals surface area contributed by atoms with E-state index < -0.39 is 5.97 Å². The van der Waals surface area contributed by atoms with Crippen LogP contribution in [0.1, 0.15) is 23.5 Å². The number of carboxylic acid groups (broad SMARTS) is 1. The van der Waals surface area contributed by atoms with Crippen LogP contribution in [0.5, 0.6) is 0 Å². The first-order valence-electron chi connectivity index (χ1n) is 4.28. The molecule has 0 aliphatic heterocycles. The van der Waals surface area contributed by atoms with Crippen molar-refractivity contribution in [2.75, 3.05) is 5.32 Å². The molecule has 2 N–H and O–H groups in total. The van der Waals surface area contributed by atoms with Crippen LogP contribution in [0.4, 0.5) is 5.00 Å². The number of hydrogen-bond donors (Lipinski definition) is 2. The third kappa shape index (κ3) is 3.55. The van der Waals surface area contributed by atoms with Gasteiger partial charge in [0.1, 0.15) is 4.88 Å². The molecule has 0 unspecified atom stereocenters. The third-order valence-electron chi connectivity index (χ3n) is 1.48. The van der Waals surface area contributed by atoms with Crippen LogP contribution in [0.2, 0.25) is 0 Å². The summed E-state index contributed by atoms with van der Waals surface area (Å²) in [6.45, 7) is 3.63. The van der Waals surface area contributed by atoms with E-state index in [4.69, 9.17) is 5.11 Å². The van der Waals surface area contributed by atoms with Crippen molar-refractivity contribution < 1.29 is 14.7 Å². The number of amides is 1. The molecule has 1 heterocycles. The Morgan fingerprint density at radius 1 is 1.40 bits per heavy atom. The summed E-state index contributed by atoms with van der Waals surface area (Å²) in [6.07, 6.45) is 1.46. The van der Waals surface area contributed by atoms with Gasteiger partial charge in [-0.1, -0.05) is 5.57 Å². The lowest BCUT2D eigenvalue weighted by atomic mass is 10.3. The summed E-state index contributed by atoms with van der Waals surface area (Å²) in [6, 6.07) is 3.04. The van der Waals surface area contributed by atoms with Crippen LogP contribution in [0.3, 0.4) is 0 Å². The Morgan fingerprint density at radius 3 is 2.53 bits per heavy atom. The predicted octanol–water partition coefficient (Wildman–Crippen LogP) is 2.35. The Kier molecular flexibility index (Phi) is 3.62. The van der Waals surface area contributed by atoms with Crippen LogP contribution in [-0.2, 0) is 4.79 Å². The quantitative estimate of drug-likeness (QED) is 0.776. The van der Waals surface area contributed by atoms with Gasteiger partial charge in [0.05, 0.1) is 5.00 Å². The summed E-state index contributed by atoms with van der Waals surface area (Å²) < 4.78 is 0. The summed E-state index contributed by atoms with van der Waals surface area (Å²) in [7, 11) is 0. The van der Waals surface area contributed by atoms with Gasteiger partial charge in [-0.15, -0.1) is 11.3 Å². The highest BCUT2D eigenvalue weighted by molar-refractivity contribution is 7.18. The van der Waals surface area contributed by atoms with E-state index in [-0.39, 0.29) is 10.8 Å². The first kappa shape index (κ1) is 11.5. The van der Waals surface area contributed by atoms with Gasteiger partial charge in [-0.2, -0.15) is 0 Å². The van der Waals surface area contributed by atoms with Crippen LogP contribution in [0.15, 0.2) is 23.8 Å². The standard InChI is InChI=1S/C10H11NO3S/c1-6(2)5-8(12)11-9-4-3-7(15-9)10(13)14/h3-5H,1-2H3,(H,11,12)(H,13,14). The van der Waals surface area contributed by atoms with E-state index in [1.54, 1.807) is 6.07 Å². The Morgan fingerprint density at radius 2 is 2.07 bits per heavy atom. The number of anilines is 1. The molecule has 5 heteroatoms. The number of hydrogen-bond acceptors (Lipinski definition) is 3.